The number of carbonyl (C=O) groups is 1. The van der Waals surface area contributed by atoms with Crippen LogP contribution < -0.4 is 15.0 Å². The number of carbonyl (C=O) groups excluding carboxylic acids is 1. The molecule has 0 bridgehead atoms. The number of hydrogen-bond acceptors (Lipinski definition) is 3. The fraction of sp³-hybridized carbons (Fsp3) is 0.409. The minimum Gasteiger partial charge on any atom is -0.484 e. The number of amides is 1. The molecule has 0 saturated carbocycles. The van der Waals surface area contributed by atoms with Crippen LogP contribution in [0.4, 0.5) is 10.1 Å². The van der Waals surface area contributed by atoms with Gasteiger partial charge in [-0.15, -0.1) is 0 Å². The van der Waals surface area contributed by atoms with Crippen molar-refractivity contribution in [1.82, 2.24) is 5.32 Å². The van der Waals surface area contributed by atoms with Gasteiger partial charge in [0.25, 0.3) is 5.91 Å². The van der Waals surface area contributed by atoms with Gasteiger partial charge in [-0.25, -0.2) is 4.39 Å². The number of rotatable bonds is 7. The topological polar surface area (TPSA) is 41.6 Å². The highest BCUT2D eigenvalue weighted by molar-refractivity contribution is 5.77. The number of nitrogens with one attached hydrogen (secondary N) is 1. The molecule has 144 valence electrons. The van der Waals surface area contributed by atoms with Crippen LogP contribution in [0.1, 0.15) is 31.2 Å². The molecule has 0 aliphatic carbocycles. The Bertz CT molecular complexity index is 708. The summed E-state index contributed by atoms with van der Waals surface area (Å²) in [6, 6.07) is 14.3. The second-order valence-electron chi connectivity index (χ2n) is 6.91. The molecule has 0 unspecified atom stereocenters. The van der Waals surface area contributed by atoms with E-state index in [0.717, 1.165) is 19.5 Å². The third kappa shape index (κ3) is 6.27. The van der Waals surface area contributed by atoms with Gasteiger partial charge < -0.3 is 15.0 Å². The van der Waals surface area contributed by atoms with Crippen LogP contribution in [-0.2, 0) is 11.2 Å². The third-order valence-electron chi connectivity index (χ3n) is 4.83. The van der Waals surface area contributed by atoms with Crippen molar-refractivity contribution in [1.29, 1.82) is 0 Å². The molecular formula is C22H27FN2O2. The molecule has 0 atom stereocenters. The fourth-order valence-corrected chi connectivity index (χ4v) is 3.28. The standard InChI is InChI=1S/C22H27FN2O2/c23-19-7-11-21(12-8-19)27-17-22(26)24-14-13-18-5-9-20(10-6-18)25-15-3-1-2-4-16-25/h5-12H,1-4,13-17H2,(H,24,26). The van der Waals surface area contributed by atoms with Crippen molar-refractivity contribution in [2.24, 2.45) is 0 Å². The molecule has 2 aromatic carbocycles. The number of hydrogen-bond donors (Lipinski definition) is 1. The van der Waals surface area contributed by atoms with E-state index in [-0.39, 0.29) is 18.3 Å². The molecule has 0 aromatic heterocycles. The predicted octanol–water partition coefficient (Wildman–Crippen LogP) is 3.94. The van der Waals surface area contributed by atoms with Gasteiger partial charge in [0.1, 0.15) is 11.6 Å². The number of ether oxygens (including phenoxy) is 1. The summed E-state index contributed by atoms with van der Waals surface area (Å²) in [6.45, 7) is 2.78. The molecule has 5 heteroatoms. The van der Waals surface area contributed by atoms with E-state index in [2.05, 4.69) is 34.5 Å². The highest BCUT2D eigenvalue weighted by Crippen LogP contribution is 2.20. The molecule has 0 radical (unpaired) electrons. The first kappa shape index (κ1) is 19.2. The maximum absolute atomic E-state index is 12.8. The van der Waals surface area contributed by atoms with Crippen LogP contribution >= 0.6 is 0 Å². The quantitative estimate of drug-likeness (QED) is 0.803. The van der Waals surface area contributed by atoms with Gasteiger partial charge in [0.2, 0.25) is 0 Å². The van der Waals surface area contributed by atoms with Crippen molar-refractivity contribution in [3.8, 4) is 5.75 Å². The van der Waals surface area contributed by atoms with Gasteiger partial charge in [-0.2, -0.15) is 0 Å². The lowest BCUT2D eigenvalue weighted by Crippen LogP contribution is -2.30. The van der Waals surface area contributed by atoms with Crippen molar-refractivity contribution < 1.29 is 13.9 Å². The van der Waals surface area contributed by atoms with E-state index < -0.39 is 0 Å². The maximum atomic E-state index is 12.8. The van der Waals surface area contributed by atoms with Gasteiger partial charge in [0.15, 0.2) is 6.61 Å². The number of anilines is 1. The van der Waals surface area contributed by atoms with E-state index in [4.69, 9.17) is 4.74 Å². The zero-order valence-corrected chi connectivity index (χ0v) is 15.6. The lowest BCUT2D eigenvalue weighted by Gasteiger charge is -2.22. The molecule has 1 amide bonds. The zero-order chi connectivity index (χ0) is 18.9. The molecular weight excluding hydrogens is 343 g/mol. The van der Waals surface area contributed by atoms with Crippen molar-refractivity contribution >= 4 is 11.6 Å². The van der Waals surface area contributed by atoms with Crippen LogP contribution in [0.15, 0.2) is 48.5 Å². The Morgan fingerprint density at radius 3 is 2.30 bits per heavy atom. The Morgan fingerprint density at radius 1 is 0.963 bits per heavy atom. The minimum absolute atomic E-state index is 0.0699. The van der Waals surface area contributed by atoms with Crippen LogP contribution in [0.2, 0.25) is 0 Å². The Kier molecular flexibility index (Phi) is 7.08. The molecule has 2 aromatic rings. The van der Waals surface area contributed by atoms with Gasteiger partial charge >= 0.3 is 0 Å². The molecule has 1 N–H and O–H groups in total. The summed E-state index contributed by atoms with van der Waals surface area (Å²) >= 11 is 0. The van der Waals surface area contributed by atoms with E-state index in [9.17, 15) is 9.18 Å². The highest BCUT2D eigenvalue weighted by Gasteiger charge is 2.09. The van der Waals surface area contributed by atoms with Crippen molar-refractivity contribution in [3.63, 3.8) is 0 Å². The molecule has 1 saturated heterocycles. The summed E-state index contributed by atoms with van der Waals surface area (Å²) < 4.78 is 18.2. The predicted molar refractivity (Wildman–Crippen MR) is 106 cm³/mol. The van der Waals surface area contributed by atoms with Crippen molar-refractivity contribution in [2.75, 3.05) is 31.1 Å². The first-order valence-electron chi connectivity index (χ1n) is 9.70. The van der Waals surface area contributed by atoms with Gasteiger partial charge in [0, 0.05) is 25.3 Å². The lowest BCUT2D eigenvalue weighted by atomic mass is 10.1. The molecule has 1 fully saturated rings. The first-order valence-corrected chi connectivity index (χ1v) is 9.70. The monoisotopic (exact) mass is 370 g/mol. The van der Waals surface area contributed by atoms with Gasteiger partial charge in [-0.1, -0.05) is 25.0 Å². The van der Waals surface area contributed by atoms with Crippen LogP contribution in [0.5, 0.6) is 5.75 Å². The van der Waals surface area contributed by atoms with E-state index in [1.807, 2.05) is 0 Å². The van der Waals surface area contributed by atoms with Crippen molar-refractivity contribution in [3.05, 3.63) is 59.9 Å². The largest absolute Gasteiger partial charge is 0.484 e. The smallest absolute Gasteiger partial charge is 0.257 e. The second-order valence-corrected chi connectivity index (χ2v) is 6.91. The SMILES string of the molecule is O=C(COc1ccc(F)cc1)NCCc1ccc(N2CCCCCC2)cc1. The van der Waals surface area contributed by atoms with Crippen molar-refractivity contribution in [2.45, 2.75) is 32.1 Å². The Labute approximate surface area is 160 Å². The lowest BCUT2D eigenvalue weighted by molar-refractivity contribution is -0.123. The molecule has 27 heavy (non-hydrogen) atoms. The van der Waals surface area contributed by atoms with Gasteiger partial charge in [-0.3, -0.25) is 4.79 Å². The number of benzene rings is 2. The van der Waals surface area contributed by atoms with Gasteiger partial charge in [0.05, 0.1) is 0 Å². The van der Waals surface area contributed by atoms with E-state index >= 15 is 0 Å². The summed E-state index contributed by atoms with van der Waals surface area (Å²) in [7, 11) is 0. The Balaban J connectivity index is 1.38. The molecule has 1 aliphatic rings. The van der Waals surface area contributed by atoms with Crippen LogP contribution in [-0.4, -0.2) is 32.1 Å². The van der Waals surface area contributed by atoms with Crippen LogP contribution in [0.3, 0.4) is 0 Å². The average molecular weight is 370 g/mol. The molecule has 0 spiro atoms. The molecule has 1 aliphatic heterocycles. The Hall–Kier alpha value is -2.56. The first-order chi connectivity index (χ1) is 13.2. The minimum atomic E-state index is -0.325. The van der Waals surface area contributed by atoms with E-state index in [1.54, 1.807) is 0 Å². The summed E-state index contributed by atoms with van der Waals surface area (Å²) in [5, 5.41) is 2.85. The van der Waals surface area contributed by atoms with Gasteiger partial charge in [-0.05, 0) is 61.2 Å². The van der Waals surface area contributed by atoms with E-state index in [0.29, 0.717) is 12.3 Å². The second kappa shape index (κ2) is 9.95. The summed E-state index contributed by atoms with van der Waals surface area (Å²) in [5.74, 6) is -0.0233. The Morgan fingerprint density at radius 2 is 1.63 bits per heavy atom. The number of halogens is 1. The third-order valence-corrected chi connectivity index (χ3v) is 4.83. The van der Waals surface area contributed by atoms with Crippen LogP contribution in [0, 0.1) is 5.82 Å². The maximum Gasteiger partial charge on any atom is 0.257 e. The average Bonchev–Trinajstić information content (AvgIpc) is 2.98. The summed E-state index contributed by atoms with van der Waals surface area (Å²) in [6.07, 6.45) is 5.99. The van der Waals surface area contributed by atoms with E-state index in [1.165, 1.54) is 61.2 Å². The number of nitrogens with zero attached hydrogens (tertiary/aromatic N) is 1. The normalized spacial score (nSPS) is 14.5. The van der Waals surface area contributed by atoms with Crippen LogP contribution in [0.25, 0.3) is 0 Å². The molecule has 4 nitrogen and oxygen atoms in total. The fourth-order valence-electron chi connectivity index (χ4n) is 3.28. The summed E-state index contributed by atoms with van der Waals surface area (Å²) in [4.78, 5) is 14.3. The molecule has 3 rings (SSSR count). The highest BCUT2D eigenvalue weighted by atomic mass is 19.1. The summed E-state index contributed by atoms with van der Waals surface area (Å²) in [5.41, 5.74) is 2.49. The molecule has 1 heterocycles. The zero-order valence-electron chi connectivity index (χ0n) is 15.6.